The number of halogens is 1. The van der Waals surface area contributed by atoms with Gasteiger partial charge in [-0.2, -0.15) is 0 Å². The number of ether oxygens (including phenoxy) is 1. The van der Waals surface area contributed by atoms with Gasteiger partial charge in [0.1, 0.15) is 5.75 Å². The molecule has 92 valence electrons. The molecular weight excluding hydrogens is 288 g/mol. The van der Waals surface area contributed by atoms with E-state index in [0.29, 0.717) is 16.9 Å². The van der Waals surface area contributed by atoms with Crippen molar-refractivity contribution in [2.75, 3.05) is 7.11 Å². The normalized spacial score (nSPS) is 11.9. The first kappa shape index (κ1) is 13.7. The van der Waals surface area contributed by atoms with Gasteiger partial charge in [-0.1, -0.05) is 22.0 Å². The van der Waals surface area contributed by atoms with Crippen molar-refractivity contribution >= 4 is 27.7 Å². The number of benzene rings is 1. The Balaban J connectivity index is 3.20. The minimum atomic E-state index is -0.966. The Hall–Kier alpha value is -1.36. The van der Waals surface area contributed by atoms with Gasteiger partial charge >= 0.3 is 5.97 Å². The third kappa shape index (κ3) is 3.56. The maximum atomic E-state index is 11.9. The fourth-order valence-corrected chi connectivity index (χ4v) is 1.69. The van der Waals surface area contributed by atoms with Crippen LogP contribution in [-0.4, -0.2) is 28.8 Å². The van der Waals surface area contributed by atoms with Crippen LogP contribution in [0.4, 0.5) is 0 Å². The molecule has 0 aromatic heterocycles. The van der Waals surface area contributed by atoms with Gasteiger partial charge < -0.3 is 9.84 Å². The molecule has 0 aliphatic heterocycles. The molecule has 0 spiro atoms. The second kappa shape index (κ2) is 5.82. The lowest BCUT2D eigenvalue weighted by Crippen LogP contribution is -2.14. The molecule has 17 heavy (non-hydrogen) atoms. The first-order chi connectivity index (χ1) is 7.95. The van der Waals surface area contributed by atoms with Crippen molar-refractivity contribution in [3.8, 4) is 5.75 Å². The number of alkyl halides is 1. The maximum absolute atomic E-state index is 11.9. The molecule has 0 bridgehead atoms. The molecule has 0 aliphatic rings. The Morgan fingerprint density at radius 2 is 2.12 bits per heavy atom. The quantitative estimate of drug-likeness (QED) is 0.669. The molecule has 0 saturated heterocycles. The fourth-order valence-electron chi connectivity index (χ4n) is 1.44. The van der Waals surface area contributed by atoms with Crippen LogP contribution in [0.15, 0.2) is 18.2 Å². The van der Waals surface area contributed by atoms with Crippen LogP contribution in [0.5, 0.6) is 5.75 Å². The van der Waals surface area contributed by atoms with Gasteiger partial charge in [-0.05, 0) is 24.6 Å². The number of rotatable bonds is 5. The molecule has 0 aliphatic carbocycles. The third-order valence-corrected chi connectivity index (χ3v) is 2.70. The lowest BCUT2D eigenvalue weighted by Gasteiger charge is -2.10. The molecule has 1 atom stereocenters. The van der Waals surface area contributed by atoms with E-state index in [2.05, 4.69) is 15.9 Å². The van der Waals surface area contributed by atoms with Crippen LogP contribution in [0, 0.1) is 0 Å². The van der Waals surface area contributed by atoms with Crippen LogP contribution in [0.3, 0.4) is 0 Å². The molecule has 1 aromatic carbocycles. The van der Waals surface area contributed by atoms with Gasteiger partial charge in [-0.3, -0.25) is 9.59 Å². The van der Waals surface area contributed by atoms with Crippen LogP contribution in [0.25, 0.3) is 0 Å². The highest BCUT2D eigenvalue weighted by molar-refractivity contribution is 9.10. The molecule has 0 amide bonds. The second-order valence-corrected chi connectivity index (χ2v) is 4.95. The van der Waals surface area contributed by atoms with E-state index in [1.165, 1.54) is 7.11 Å². The first-order valence-corrected chi connectivity index (χ1v) is 5.94. The SMILES string of the molecule is COc1ccc(CC(=O)O)c(C(=O)C(C)Br)c1. The summed E-state index contributed by atoms with van der Waals surface area (Å²) in [6.45, 7) is 1.70. The number of hydrogen-bond acceptors (Lipinski definition) is 3. The highest BCUT2D eigenvalue weighted by atomic mass is 79.9. The molecule has 1 aromatic rings. The topological polar surface area (TPSA) is 63.6 Å². The summed E-state index contributed by atoms with van der Waals surface area (Å²) in [4.78, 5) is 22.3. The maximum Gasteiger partial charge on any atom is 0.307 e. The number of Topliss-reactive ketones (excluding diaryl/α,β-unsaturated/α-hetero) is 1. The number of carboxylic acids is 1. The molecule has 0 saturated carbocycles. The molecular formula is C12H13BrO4. The van der Waals surface area contributed by atoms with Crippen molar-refractivity contribution in [3.63, 3.8) is 0 Å². The van der Waals surface area contributed by atoms with Crippen molar-refractivity contribution in [1.82, 2.24) is 0 Å². The molecule has 0 fully saturated rings. The summed E-state index contributed by atoms with van der Waals surface area (Å²) < 4.78 is 5.03. The number of methoxy groups -OCH3 is 1. The Morgan fingerprint density at radius 3 is 2.59 bits per heavy atom. The summed E-state index contributed by atoms with van der Waals surface area (Å²) in [5.41, 5.74) is 0.880. The molecule has 5 heteroatoms. The molecule has 1 N–H and O–H groups in total. The van der Waals surface area contributed by atoms with E-state index in [4.69, 9.17) is 9.84 Å². The van der Waals surface area contributed by atoms with E-state index in [-0.39, 0.29) is 17.0 Å². The van der Waals surface area contributed by atoms with Crippen LogP contribution >= 0.6 is 15.9 Å². The van der Waals surface area contributed by atoms with E-state index in [0.717, 1.165) is 0 Å². The van der Waals surface area contributed by atoms with Gasteiger partial charge in [-0.15, -0.1) is 0 Å². The zero-order valence-electron chi connectivity index (χ0n) is 9.57. The summed E-state index contributed by atoms with van der Waals surface area (Å²) in [7, 11) is 1.50. The summed E-state index contributed by atoms with van der Waals surface area (Å²) in [6.07, 6.45) is -0.176. The Morgan fingerprint density at radius 1 is 1.47 bits per heavy atom. The van der Waals surface area contributed by atoms with Gasteiger partial charge in [0.05, 0.1) is 18.4 Å². The summed E-state index contributed by atoms with van der Waals surface area (Å²) in [5.74, 6) is -0.581. The number of carboxylic acid groups (broad SMARTS) is 1. The average Bonchev–Trinajstić information content (AvgIpc) is 2.27. The predicted octanol–water partition coefficient (Wildman–Crippen LogP) is 2.29. The number of carbonyl (C=O) groups excluding carboxylic acids is 1. The summed E-state index contributed by atoms with van der Waals surface area (Å²) >= 11 is 3.19. The van der Waals surface area contributed by atoms with Crippen LogP contribution in [-0.2, 0) is 11.2 Å². The highest BCUT2D eigenvalue weighted by Crippen LogP contribution is 2.21. The zero-order valence-corrected chi connectivity index (χ0v) is 11.2. The fraction of sp³-hybridized carbons (Fsp3) is 0.333. The zero-order chi connectivity index (χ0) is 13.0. The van der Waals surface area contributed by atoms with Gasteiger partial charge in [0.15, 0.2) is 5.78 Å². The summed E-state index contributed by atoms with van der Waals surface area (Å²) in [6, 6.07) is 4.82. The number of hydrogen-bond donors (Lipinski definition) is 1. The molecule has 1 unspecified atom stereocenters. The van der Waals surface area contributed by atoms with Crippen LogP contribution in [0.1, 0.15) is 22.8 Å². The highest BCUT2D eigenvalue weighted by Gasteiger charge is 2.18. The third-order valence-electron chi connectivity index (χ3n) is 2.29. The molecule has 0 heterocycles. The van der Waals surface area contributed by atoms with Crippen molar-refractivity contribution < 1.29 is 19.4 Å². The first-order valence-electron chi connectivity index (χ1n) is 5.02. The van der Waals surface area contributed by atoms with Crippen molar-refractivity contribution in [2.45, 2.75) is 18.2 Å². The second-order valence-electron chi connectivity index (χ2n) is 3.57. The van der Waals surface area contributed by atoms with E-state index >= 15 is 0 Å². The lowest BCUT2D eigenvalue weighted by atomic mass is 9.99. The van der Waals surface area contributed by atoms with Gasteiger partial charge in [-0.25, -0.2) is 0 Å². The largest absolute Gasteiger partial charge is 0.497 e. The average molecular weight is 301 g/mol. The summed E-state index contributed by atoms with van der Waals surface area (Å²) in [5, 5.41) is 8.78. The van der Waals surface area contributed by atoms with Gasteiger partial charge in [0, 0.05) is 5.56 Å². The minimum absolute atomic E-state index is 0.153. The lowest BCUT2D eigenvalue weighted by molar-refractivity contribution is -0.136. The van der Waals surface area contributed by atoms with Crippen molar-refractivity contribution in [1.29, 1.82) is 0 Å². The Labute approximate surface area is 108 Å². The van der Waals surface area contributed by atoms with Crippen LogP contribution < -0.4 is 4.74 Å². The number of carbonyl (C=O) groups is 2. The standard InChI is InChI=1S/C12H13BrO4/c1-7(13)12(16)10-6-9(17-2)4-3-8(10)5-11(14)15/h3-4,6-7H,5H2,1-2H3,(H,14,15). The Bertz CT molecular complexity index is 440. The van der Waals surface area contributed by atoms with Crippen LogP contribution in [0.2, 0.25) is 0 Å². The van der Waals surface area contributed by atoms with Crippen molar-refractivity contribution in [2.24, 2.45) is 0 Å². The van der Waals surface area contributed by atoms with E-state index in [9.17, 15) is 9.59 Å². The van der Waals surface area contributed by atoms with Gasteiger partial charge in [0.2, 0.25) is 0 Å². The monoisotopic (exact) mass is 300 g/mol. The van der Waals surface area contributed by atoms with E-state index < -0.39 is 5.97 Å². The van der Waals surface area contributed by atoms with E-state index in [1.54, 1.807) is 25.1 Å². The van der Waals surface area contributed by atoms with E-state index in [1.807, 2.05) is 0 Å². The minimum Gasteiger partial charge on any atom is -0.497 e. The Kier molecular flexibility index (Phi) is 4.69. The molecule has 4 nitrogen and oxygen atoms in total. The number of aliphatic carboxylic acids is 1. The van der Waals surface area contributed by atoms with Crippen molar-refractivity contribution in [3.05, 3.63) is 29.3 Å². The smallest absolute Gasteiger partial charge is 0.307 e. The van der Waals surface area contributed by atoms with Gasteiger partial charge in [0.25, 0.3) is 0 Å². The molecule has 0 radical (unpaired) electrons. The molecule has 1 rings (SSSR count). The predicted molar refractivity (Wildman–Crippen MR) is 67.1 cm³/mol. The number of ketones is 1.